The fourth-order valence-corrected chi connectivity index (χ4v) is 3.35. The van der Waals surface area contributed by atoms with Gasteiger partial charge >= 0.3 is 5.97 Å². The first-order chi connectivity index (χ1) is 12.1. The molecule has 0 unspecified atom stereocenters. The van der Waals surface area contributed by atoms with Crippen LogP contribution < -0.4 is 0 Å². The van der Waals surface area contributed by atoms with Crippen molar-refractivity contribution in [2.75, 3.05) is 0 Å². The lowest BCUT2D eigenvalue weighted by Crippen LogP contribution is -2.41. The predicted octanol–water partition coefficient (Wildman–Crippen LogP) is 3.88. The van der Waals surface area contributed by atoms with Gasteiger partial charge in [-0.3, -0.25) is 0 Å². The van der Waals surface area contributed by atoms with E-state index in [1.807, 2.05) is 37.3 Å². The van der Waals surface area contributed by atoms with Gasteiger partial charge in [-0.1, -0.05) is 31.5 Å². The molecule has 25 heavy (non-hydrogen) atoms. The fraction of sp³-hybridized carbons (Fsp3) is 0.350. The normalized spacial score (nSPS) is 20.9. The second kappa shape index (κ2) is 7.05. The third-order valence-corrected chi connectivity index (χ3v) is 4.45. The Morgan fingerprint density at radius 1 is 1.20 bits per heavy atom. The van der Waals surface area contributed by atoms with Crippen LogP contribution in [0.25, 0.3) is 0 Å². The van der Waals surface area contributed by atoms with E-state index < -0.39 is 17.4 Å². The van der Waals surface area contributed by atoms with E-state index in [0.717, 1.165) is 12.0 Å². The van der Waals surface area contributed by atoms with Gasteiger partial charge in [-0.05, 0) is 37.6 Å². The van der Waals surface area contributed by atoms with Crippen LogP contribution in [0.2, 0.25) is 0 Å². The highest BCUT2D eigenvalue weighted by atomic mass is 16.6. The van der Waals surface area contributed by atoms with Crippen molar-refractivity contribution < 1.29 is 18.7 Å². The topological polar surface area (TPSA) is 68.9 Å². The average molecular weight is 339 g/mol. The Hall–Kier alpha value is -2.69. The van der Waals surface area contributed by atoms with Gasteiger partial charge in [0.05, 0.1) is 12.2 Å². The number of nitrogens with zero attached hydrogens (tertiary/aromatic N) is 1. The second-order valence-electron chi connectivity index (χ2n) is 6.32. The van der Waals surface area contributed by atoms with E-state index in [1.165, 1.54) is 6.92 Å². The van der Waals surface area contributed by atoms with Crippen LogP contribution in [0.5, 0.6) is 0 Å². The zero-order valence-electron chi connectivity index (χ0n) is 14.4. The standard InChI is InChI=1S/C20H21NO4/c1-3-11-20(16(13-14(2)22)17-10-7-12-24-17)19(23)25-18(21-20)15-8-5-4-6-9-15/h4-10,12,16H,3,11,13H2,1-2H3/t16-,20+/m0/s1. The minimum Gasteiger partial charge on any atom is -0.469 e. The number of Topliss-reactive ketones (excluding diaryl/α,β-unsaturated/α-hetero) is 1. The molecule has 1 aromatic heterocycles. The molecule has 2 aromatic rings. The molecule has 2 atom stereocenters. The lowest BCUT2D eigenvalue weighted by Gasteiger charge is -2.29. The van der Waals surface area contributed by atoms with Crippen LogP contribution in [0.3, 0.4) is 0 Å². The van der Waals surface area contributed by atoms with Crippen molar-refractivity contribution in [3.05, 3.63) is 60.1 Å². The Bertz CT molecular complexity index is 779. The van der Waals surface area contributed by atoms with Gasteiger partial charge in [0.25, 0.3) is 0 Å². The molecule has 0 spiro atoms. The first kappa shape index (κ1) is 17.1. The summed E-state index contributed by atoms with van der Waals surface area (Å²) in [5.74, 6) is -0.0321. The lowest BCUT2D eigenvalue weighted by molar-refractivity contribution is -0.140. The van der Waals surface area contributed by atoms with Crippen LogP contribution in [0.4, 0.5) is 0 Å². The molecular weight excluding hydrogens is 318 g/mol. The Morgan fingerprint density at radius 2 is 1.96 bits per heavy atom. The number of cyclic esters (lactones) is 1. The van der Waals surface area contributed by atoms with Crippen molar-refractivity contribution in [1.29, 1.82) is 0 Å². The number of carbonyl (C=O) groups is 2. The zero-order chi connectivity index (χ0) is 17.9. The van der Waals surface area contributed by atoms with E-state index in [-0.39, 0.29) is 12.2 Å². The third kappa shape index (κ3) is 3.27. The molecule has 1 aromatic carbocycles. The summed E-state index contributed by atoms with van der Waals surface area (Å²) >= 11 is 0. The number of furan rings is 1. The largest absolute Gasteiger partial charge is 0.469 e. The first-order valence-corrected chi connectivity index (χ1v) is 8.47. The summed E-state index contributed by atoms with van der Waals surface area (Å²) < 4.78 is 11.1. The number of carbonyl (C=O) groups excluding carboxylic acids is 2. The lowest BCUT2D eigenvalue weighted by atomic mass is 9.77. The number of aliphatic imine (C=N–C) groups is 1. The summed E-state index contributed by atoms with van der Waals surface area (Å²) in [6.45, 7) is 3.50. The Morgan fingerprint density at radius 3 is 2.56 bits per heavy atom. The second-order valence-corrected chi connectivity index (χ2v) is 6.32. The molecule has 1 aliphatic rings. The van der Waals surface area contributed by atoms with Crippen molar-refractivity contribution >= 4 is 17.7 Å². The van der Waals surface area contributed by atoms with Crippen molar-refractivity contribution in [3.8, 4) is 0 Å². The Labute approximate surface area is 146 Å². The molecule has 0 fully saturated rings. The Kier molecular flexibility index (Phi) is 4.83. The van der Waals surface area contributed by atoms with Crippen molar-refractivity contribution in [2.24, 2.45) is 4.99 Å². The summed E-state index contributed by atoms with van der Waals surface area (Å²) in [5, 5.41) is 0. The van der Waals surface area contributed by atoms with Crippen LogP contribution >= 0.6 is 0 Å². The number of rotatable bonds is 7. The molecule has 5 heteroatoms. The number of hydrogen-bond acceptors (Lipinski definition) is 5. The SMILES string of the molecule is CCC[C@]1([C@@H](CC(C)=O)c2ccco2)N=C(c2ccccc2)OC1=O. The van der Waals surface area contributed by atoms with Gasteiger partial charge in [0.2, 0.25) is 5.90 Å². The molecule has 0 aliphatic carbocycles. The van der Waals surface area contributed by atoms with Crippen LogP contribution in [-0.2, 0) is 14.3 Å². The van der Waals surface area contributed by atoms with E-state index in [2.05, 4.69) is 0 Å². The molecule has 0 bridgehead atoms. The van der Waals surface area contributed by atoms with Gasteiger partial charge in [0.1, 0.15) is 11.5 Å². The molecule has 0 amide bonds. The number of hydrogen-bond donors (Lipinski definition) is 0. The predicted molar refractivity (Wildman–Crippen MR) is 93.5 cm³/mol. The van der Waals surface area contributed by atoms with E-state index in [4.69, 9.17) is 14.1 Å². The highest BCUT2D eigenvalue weighted by Crippen LogP contribution is 2.43. The number of esters is 1. The maximum Gasteiger partial charge on any atom is 0.341 e. The summed E-state index contributed by atoms with van der Waals surface area (Å²) in [7, 11) is 0. The first-order valence-electron chi connectivity index (χ1n) is 8.47. The monoisotopic (exact) mass is 339 g/mol. The van der Waals surface area contributed by atoms with E-state index >= 15 is 0 Å². The number of ether oxygens (including phenoxy) is 1. The summed E-state index contributed by atoms with van der Waals surface area (Å²) in [6, 6.07) is 12.9. The molecule has 130 valence electrons. The van der Waals surface area contributed by atoms with Gasteiger partial charge in [-0.15, -0.1) is 0 Å². The molecule has 0 saturated heterocycles. The molecule has 0 radical (unpaired) electrons. The van der Waals surface area contributed by atoms with E-state index in [9.17, 15) is 9.59 Å². The van der Waals surface area contributed by atoms with Crippen molar-refractivity contribution in [1.82, 2.24) is 0 Å². The van der Waals surface area contributed by atoms with Crippen molar-refractivity contribution in [2.45, 2.75) is 44.6 Å². The maximum absolute atomic E-state index is 12.9. The van der Waals surface area contributed by atoms with E-state index in [0.29, 0.717) is 18.1 Å². The smallest absolute Gasteiger partial charge is 0.341 e. The highest BCUT2D eigenvalue weighted by molar-refractivity contribution is 6.08. The fourth-order valence-electron chi connectivity index (χ4n) is 3.35. The third-order valence-electron chi connectivity index (χ3n) is 4.45. The highest BCUT2D eigenvalue weighted by Gasteiger charge is 2.53. The van der Waals surface area contributed by atoms with Crippen LogP contribution in [0, 0.1) is 0 Å². The summed E-state index contributed by atoms with van der Waals surface area (Å²) in [5.41, 5.74) is -0.390. The van der Waals surface area contributed by atoms with Gasteiger partial charge in [0.15, 0.2) is 5.54 Å². The molecule has 5 nitrogen and oxygen atoms in total. The van der Waals surface area contributed by atoms with Crippen LogP contribution in [0.15, 0.2) is 58.1 Å². The minimum absolute atomic E-state index is 0.0203. The summed E-state index contributed by atoms with van der Waals surface area (Å²) in [4.78, 5) is 29.5. The van der Waals surface area contributed by atoms with E-state index in [1.54, 1.807) is 18.4 Å². The number of ketones is 1. The quantitative estimate of drug-likeness (QED) is 0.718. The van der Waals surface area contributed by atoms with Gasteiger partial charge in [-0.2, -0.15) is 0 Å². The zero-order valence-corrected chi connectivity index (χ0v) is 14.4. The molecule has 0 N–H and O–H groups in total. The van der Waals surface area contributed by atoms with Gasteiger partial charge in [0, 0.05) is 12.0 Å². The molecule has 1 aliphatic heterocycles. The summed E-state index contributed by atoms with van der Waals surface area (Å²) in [6.07, 6.45) is 2.94. The van der Waals surface area contributed by atoms with Crippen molar-refractivity contribution in [3.63, 3.8) is 0 Å². The molecule has 0 saturated carbocycles. The molecule has 2 heterocycles. The minimum atomic E-state index is -1.14. The molecular formula is C20H21NO4. The Balaban J connectivity index is 2.09. The number of benzene rings is 1. The van der Waals surface area contributed by atoms with Crippen LogP contribution in [-0.4, -0.2) is 23.2 Å². The van der Waals surface area contributed by atoms with Gasteiger partial charge < -0.3 is 13.9 Å². The maximum atomic E-state index is 12.9. The van der Waals surface area contributed by atoms with Crippen LogP contribution in [0.1, 0.15) is 50.4 Å². The average Bonchev–Trinajstić information content (AvgIpc) is 3.23. The van der Waals surface area contributed by atoms with Gasteiger partial charge in [-0.25, -0.2) is 9.79 Å². The molecule has 3 rings (SSSR count).